The van der Waals surface area contributed by atoms with Crippen molar-refractivity contribution in [3.63, 3.8) is 0 Å². The number of hydrogen-bond acceptors (Lipinski definition) is 3. The minimum absolute atomic E-state index is 0.115. The second-order valence-electron chi connectivity index (χ2n) is 5.40. The van der Waals surface area contributed by atoms with Gasteiger partial charge in [0.2, 0.25) is 5.91 Å². The second kappa shape index (κ2) is 8.93. The first-order chi connectivity index (χ1) is 8.44. The average Bonchev–Trinajstić information content (AvgIpc) is 2.33. The van der Waals surface area contributed by atoms with E-state index in [9.17, 15) is 4.79 Å². The third-order valence-corrected chi connectivity index (χ3v) is 3.05. The van der Waals surface area contributed by atoms with Gasteiger partial charge in [-0.05, 0) is 38.6 Å². The van der Waals surface area contributed by atoms with Gasteiger partial charge in [-0.1, -0.05) is 13.8 Å². The number of amides is 1. The van der Waals surface area contributed by atoms with Gasteiger partial charge in [-0.15, -0.1) is 0 Å². The molecule has 0 saturated carbocycles. The van der Waals surface area contributed by atoms with Crippen LogP contribution in [0.25, 0.3) is 0 Å². The Kier molecular flexibility index (Phi) is 8.40. The lowest BCUT2D eigenvalue weighted by Crippen LogP contribution is -2.36. The summed E-state index contributed by atoms with van der Waals surface area (Å²) in [6, 6.07) is 2.17. The molecule has 0 aromatic heterocycles. The van der Waals surface area contributed by atoms with Crippen molar-refractivity contribution in [3.8, 4) is 6.07 Å². The van der Waals surface area contributed by atoms with E-state index in [0.29, 0.717) is 32.0 Å². The van der Waals surface area contributed by atoms with E-state index in [2.05, 4.69) is 19.9 Å². The number of nitriles is 1. The van der Waals surface area contributed by atoms with Gasteiger partial charge in [0.15, 0.2) is 0 Å². The molecule has 0 spiro atoms. The highest BCUT2D eigenvalue weighted by molar-refractivity contribution is 5.76. The van der Waals surface area contributed by atoms with E-state index in [1.165, 1.54) is 0 Å². The minimum Gasteiger partial charge on any atom is -0.342 e. The maximum absolute atomic E-state index is 12.1. The van der Waals surface area contributed by atoms with Crippen LogP contribution in [0.1, 0.15) is 40.5 Å². The van der Waals surface area contributed by atoms with Crippen molar-refractivity contribution in [1.29, 1.82) is 5.26 Å². The van der Waals surface area contributed by atoms with Gasteiger partial charge in [-0.2, -0.15) is 5.26 Å². The molecule has 1 amide bonds. The summed E-state index contributed by atoms with van der Waals surface area (Å²) in [5, 5.41) is 8.80. The summed E-state index contributed by atoms with van der Waals surface area (Å²) in [5.41, 5.74) is 5.72. The first-order valence-corrected chi connectivity index (χ1v) is 6.81. The molecule has 0 rings (SSSR count). The molecule has 0 aromatic carbocycles. The van der Waals surface area contributed by atoms with Gasteiger partial charge in [0.05, 0.1) is 12.0 Å². The van der Waals surface area contributed by atoms with Crippen LogP contribution in [-0.4, -0.2) is 30.4 Å². The normalized spacial score (nSPS) is 14.1. The zero-order valence-electron chi connectivity index (χ0n) is 12.1. The third-order valence-electron chi connectivity index (χ3n) is 3.05. The van der Waals surface area contributed by atoms with Crippen LogP contribution in [0.4, 0.5) is 0 Å². The van der Waals surface area contributed by atoms with Crippen molar-refractivity contribution in [3.05, 3.63) is 0 Å². The predicted molar refractivity (Wildman–Crippen MR) is 73.6 cm³/mol. The standard InChI is InChI=1S/C14H27N3O/c1-5-17(10-12(4)8-15)14(18)7-13(9-16)6-11(2)3/h11-13H,5-7,9-10,16H2,1-4H3. The van der Waals surface area contributed by atoms with Crippen molar-refractivity contribution in [1.82, 2.24) is 4.90 Å². The van der Waals surface area contributed by atoms with Crippen molar-refractivity contribution in [2.75, 3.05) is 19.6 Å². The molecule has 0 saturated heterocycles. The molecule has 0 fully saturated rings. The Morgan fingerprint density at radius 3 is 2.39 bits per heavy atom. The molecule has 2 unspecified atom stereocenters. The quantitative estimate of drug-likeness (QED) is 0.719. The highest BCUT2D eigenvalue weighted by Gasteiger charge is 2.19. The van der Waals surface area contributed by atoms with Crippen molar-refractivity contribution < 1.29 is 4.79 Å². The van der Waals surface area contributed by atoms with Crippen LogP contribution in [0.2, 0.25) is 0 Å². The molecule has 0 bridgehead atoms. The molecule has 0 aromatic rings. The van der Waals surface area contributed by atoms with Gasteiger partial charge in [-0.3, -0.25) is 4.79 Å². The molecule has 0 aliphatic rings. The maximum Gasteiger partial charge on any atom is 0.222 e. The van der Waals surface area contributed by atoms with Crippen LogP contribution in [0.5, 0.6) is 0 Å². The van der Waals surface area contributed by atoms with Crippen LogP contribution in [-0.2, 0) is 4.79 Å². The SMILES string of the molecule is CCN(CC(C)C#N)C(=O)CC(CN)CC(C)C. The number of rotatable bonds is 8. The molecule has 2 atom stereocenters. The van der Waals surface area contributed by atoms with E-state index in [0.717, 1.165) is 6.42 Å². The molecule has 4 nitrogen and oxygen atoms in total. The molecular formula is C14H27N3O. The number of carbonyl (C=O) groups excluding carboxylic acids is 1. The molecule has 0 heterocycles. The first-order valence-electron chi connectivity index (χ1n) is 6.81. The zero-order valence-corrected chi connectivity index (χ0v) is 12.1. The Balaban J connectivity index is 4.37. The van der Waals surface area contributed by atoms with Crippen LogP contribution in [0.15, 0.2) is 0 Å². The highest BCUT2D eigenvalue weighted by Crippen LogP contribution is 2.16. The number of hydrogen-bond donors (Lipinski definition) is 1. The van der Waals surface area contributed by atoms with E-state index in [4.69, 9.17) is 11.0 Å². The van der Waals surface area contributed by atoms with Gasteiger partial charge < -0.3 is 10.6 Å². The summed E-state index contributed by atoms with van der Waals surface area (Å²) in [5.74, 6) is 0.814. The van der Waals surface area contributed by atoms with Gasteiger partial charge in [0, 0.05) is 19.5 Å². The van der Waals surface area contributed by atoms with Crippen molar-refractivity contribution in [2.45, 2.75) is 40.5 Å². The lowest BCUT2D eigenvalue weighted by atomic mass is 9.93. The number of nitrogens with two attached hydrogens (primary N) is 1. The Morgan fingerprint density at radius 1 is 1.39 bits per heavy atom. The Bertz CT molecular complexity index is 283. The molecule has 0 radical (unpaired) electrons. The van der Waals surface area contributed by atoms with Crippen molar-refractivity contribution in [2.24, 2.45) is 23.5 Å². The molecular weight excluding hydrogens is 226 g/mol. The zero-order chi connectivity index (χ0) is 14.1. The molecule has 0 aliphatic carbocycles. The van der Waals surface area contributed by atoms with E-state index < -0.39 is 0 Å². The topological polar surface area (TPSA) is 70.1 Å². The predicted octanol–water partition coefficient (Wildman–Crippen LogP) is 2.01. The fraction of sp³-hybridized carbons (Fsp3) is 0.857. The van der Waals surface area contributed by atoms with E-state index in [-0.39, 0.29) is 17.7 Å². The molecule has 2 N–H and O–H groups in total. The average molecular weight is 253 g/mol. The Morgan fingerprint density at radius 2 is 2.00 bits per heavy atom. The van der Waals surface area contributed by atoms with E-state index in [1.54, 1.807) is 4.90 Å². The van der Waals surface area contributed by atoms with Gasteiger partial charge in [-0.25, -0.2) is 0 Å². The second-order valence-corrected chi connectivity index (χ2v) is 5.40. The minimum atomic E-state index is -0.115. The summed E-state index contributed by atoms with van der Waals surface area (Å²) in [6.45, 7) is 9.79. The lowest BCUT2D eigenvalue weighted by molar-refractivity contribution is -0.132. The van der Waals surface area contributed by atoms with E-state index in [1.807, 2.05) is 13.8 Å². The summed E-state index contributed by atoms with van der Waals surface area (Å²) in [4.78, 5) is 13.9. The Hall–Kier alpha value is -1.08. The summed E-state index contributed by atoms with van der Waals surface area (Å²) < 4.78 is 0. The molecule has 4 heteroatoms. The Labute approximate surface area is 111 Å². The fourth-order valence-electron chi connectivity index (χ4n) is 2.08. The highest BCUT2D eigenvalue weighted by atomic mass is 16.2. The lowest BCUT2D eigenvalue weighted by Gasteiger charge is -2.25. The first kappa shape index (κ1) is 16.9. The van der Waals surface area contributed by atoms with Crippen LogP contribution < -0.4 is 5.73 Å². The maximum atomic E-state index is 12.1. The smallest absolute Gasteiger partial charge is 0.222 e. The fourth-order valence-corrected chi connectivity index (χ4v) is 2.08. The number of nitrogens with zero attached hydrogens (tertiary/aromatic N) is 2. The van der Waals surface area contributed by atoms with Crippen LogP contribution in [0.3, 0.4) is 0 Å². The monoisotopic (exact) mass is 253 g/mol. The summed E-state index contributed by atoms with van der Waals surface area (Å²) >= 11 is 0. The summed E-state index contributed by atoms with van der Waals surface area (Å²) in [7, 11) is 0. The molecule has 18 heavy (non-hydrogen) atoms. The van der Waals surface area contributed by atoms with Gasteiger partial charge in [0.1, 0.15) is 0 Å². The summed E-state index contributed by atoms with van der Waals surface area (Å²) in [6.07, 6.45) is 1.48. The van der Waals surface area contributed by atoms with Gasteiger partial charge in [0.25, 0.3) is 0 Å². The largest absolute Gasteiger partial charge is 0.342 e. The van der Waals surface area contributed by atoms with E-state index >= 15 is 0 Å². The third kappa shape index (κ3) is 6.61. The molecule has 104 valence electrons. The van der Waals surface area contributed by atoms with Gasteiger partial charge >= 0.3 is 0 Å². The number of carbonyl (C=O) groups is 1. The van der Waals surface area contributed by atoms with Crippen molar-refractivity contribution >= 4 is 5.91 Å². The molecule has 0 aliphatic heterocycles. The van der Waals surface area contributed by atoms with Crippen LogP contribution >= 0.6 is 0 Å². The van der Waals surface area contributed by atoms with Crippen LogP contribution in [0, 0.1) is 29.1 Å².